The van der Waals surface area contributed by atoms with Crippen molar-refractivity contribution in [2.24, 2.45) is 0 Å². The molecule has 0 saturated heterocycles. The van der Waals surface area contributed by atoms with Crippen molar-refractivity contribution in [1.29, 1.82) is 0 Å². The first kappa shape index (κ1) is 14.7. The van der Waals surface area contributed by atoms with Crippen molar-refractivity contribution in [2.75, 3.05) is 0 Å². The van der Waals surface area contributed by atoms with Gasteiger partial charge in [-0.05, 0) is 13.8 Å². The average Bonchev–Trinajstić information content (AvgIpc) is 1.83. The Morgan fingerprint density at radius 1 is 0.846 bits per heavy atom. The minimum absolute atomic E-state index is 0.945. The Kier molecular flexibility index (Phi) is 5.83. The van der Waals surface area contributed by atoms with Crippen LogP contribution in [0.25, 0.3) is 0 Å². The molecule has 0 rings (SSSR count). The summed E-state index contributed by atoms with van der Waals surface area (Å²) in [5.74, 6) is 0. The number of halogens is 6. The summed E-state index contributed by atoms with van der Waals surface area (Å²) < 4.78 is 5.15. The van der Waals surface area contributed by atoms with Crippen LogP contribution in [0.15, 0.2) is 0 Å². The van der Waals surface area contributed by atoms with Gasteiger partial charge in [-0.1, -0.05) is 23.2 Å². The van der Waals surface area contributed by atoms with E-state index in [0.29, 0.717) is 0 Å². The number of rotatable bonds is 4. The van der Waals surface area contributed by atoms with Crippen LogP contribution in [0.3, 0.4) is 0 Å². The molecule has 2 atom stereocenters. The van der Waals surface area contributed by atoms with E-state index in [1.165, 1.54) is 13.8 Å². The van der Waals surface area contributed by atoms with Crippen LogP contribution in [0.4, 0.5) is 0 Å². The summed E-state index contributed by atoms with van der Waals surface area (Å²) >= 11 is 33.8. The van der Waals surface area contributed by atoms with Crippen LogP contribution >= 0.6 is 69.6 Å². The van der Waals surface area contributed by atoms with Crippen LogP contribution in [-0.4, -0.2) is 19.8 Å². The van der Waals surface area contributed by atoms with E-state index < -0.39 is 19.8 Å². The summed E-state index contributed by atoms with van der Waals surface area (Å²) in [6, 6.07) is 0. The molecule has 2 unspecified atom stereocenters. The van der Waals surface area contributed by atoms with Gasteiger partial charge in [0.05, 0.1) is 0 Å². The second kappa shape index (κ2) is 5.16. The summed E-state index contributed by atoms with van der Waals surface area (Å²) in [5.41, 5.74) is 0. The van der Waals surface area contributed by atoms with Crippen molar-refractivity contribution in [3.8, 4) is 0 Å². The molecule has 0 fully saturated rings. The number of alkyl halides is 6. The smallest absolute Gasteiger partial charge is 0.171 e. The van der Waals surface area contributed by atoms with E-state index in [-0.39, 0.29) is 0 Å². The molecule has 0 bridgehead atoms. The molecule has 0 aliphatic carbocycles. The van der Waals surface area contributed by atoms with Gasteiger partial charge in [0.1, 0.15) is 9.67 Å². The molecule has 0 amide bonds. The first-order valence-electron chi connectivity index (χ1n) is 3.24. The van der Waals surface area contributed by atoms with Crippen molar-refractivity contribution in [1.82, 2.24) is 0 Å². The standard InChI is InChI=1S/C6H8Cl6O/c1-5(11,3(7)8)13-6(2,12)4(9)10/h3-4H,1-2H3. The summed E-state index contributed by atoms with van der Waals surface area (Å²) in [4.78, 5) is -1.89. The number of ether oxygens (including phenoxy) is 1. The van der Waals surface area contributed by atoms with E-state index in [0.717, 1.165) is 0 Å². The summed E-state index contributed by atoms with van der Waals surface area (Å²) in [6.07, 6.45) is 0. The van der Waals surface area contributed by atoms with Crippen LogP contribution in [0.5, 0.6) is 0 Å². The molecule has 0 aromatic heterocycles. The highest BCUT2D eigenvalue weighted by atomic mass is 35.5. The molecule has 13 heavy (non-hydrogen) atoms. The van der Waals surface area contributed by atoms with Gasteiger partial charge in [-0.25, -0.2) is 0 Å². The highest BCUT2D eigenvalue weighted by Crippen LogP contribution is 2.38. The third-order valence-electron chi connectivity index (χ3n) is 1.18. The minimum Gasteiger partial charge on any atom is -0.333 e. The molecular weight excluding hydrogens is 301 g/mol. The molecule has 0 saturated carbocycles. The first-order valence-corrected chi connectivity index (χ1v) is 5.74. The lowest BCUT2D eigenvalue weighted by molar-refractivity contribution is -0.0323. The lowest BCUT2D eigenvalue weighted by Crippen LogP contribution is -2.41. The minimum atomic E-state index is -1.33. The Balaban J connectivity index is 4.42. The lowest BCUT2D eigenvalue weighted by Gasteiger charge is -2.33. The zero-order valence-electron chi connectivity index (χ0n) is 6.83. The van der Waals surface area contributed by atoms with E-state index in [9.17, 15) is 0 Å². The van der Waals surface area contributed by atoms with Crippen LogP contribution in [0.2, 0.25) is 0 Å². The molecule has 0 aliphatic rings. The van der Waals surface area contributed by atoms with E-state index >= 15 is 0 Å². The maximum atomic E-state index is 5.81. The van der Waals surface area contributed by atoms with E-state index in [2.05, 4.69) is 0 Å². The third kappa shape index (κ3) is 4.83. The quantitative estimate of drug-likeness (QED) is 0.694. The topological polar surface area (TPSA) is 9.23 Å². The maximum absolute atomic E-state index is 5.81. The summed E-state index contributed by atoms with van der Waals surface area (Å²) in [7, 11) is 0. The SMILES string of the molecule is CC(Cl)(OC(C)(Cl)C(Cl)Cl)C(Cl)Cl. The third-order valence-corrected chi connectivity index (χ3v) is 3.88. The fourth-order valence-corrected chi connectivity index (χ4v) is 1.02. The lowest BCUT2D eigenvalue weighted by atomic mass is 10.4. The number of hydrogen-bond donors (Lipinski definition) is 0. The second-order valence-corrected chi connectivity index (χ2v) is 6.37. The van der Waals surface area contributed by atoms with Gasteiger partial charge < -0.3 is 4.74 Å². The van der Waals surface area contributed by atoms with Gasteiger partial charge in [0, 0.05) is 0 Å². The molecule has 0 N–H and O–H groups in total. The second-order valence-electron chi connectivity index (χ2n) is 2.68. The van der Waals surface area contributed by atoms with Gasteiger partial charge in [0.15, 0.2) is 10.1 Å². The van der Waals surface area contributed by atoms with Gasteiger partial charge >= 0.3 is 0 Å². The van der Waals surface area contributed by atoms with Gasteiger partial charge in [-0.3, -0.25) is 0 Å². The molecule has 0 aromatic carbocycles. The van der Waals surface area contributed by atoms with Crippen molar-refractivity contribution < 1.29 is 4.74 Å². The van der Waals surface area contributed by atoms with E-state index in [1.54, 1.807) is 0 Å². The molecule has 80 valence electrons. The van der Waals surface area contributed by atoms with E-state index in [1.807, 2.05) is 0 Å². The molecule has 7 heteroatoms. The Bertz CT molecular complexity index is 149. The van der Waals surface area contributed by atoms with Crippen molar-refractivity contribution in [2.45, 2.75) is 33.6 Å². The van der Waals surface area contributed by atoms with Gasteiger partial charge in [-0.2, -0.15) is 0 Å². The van der Waals surface area contributed by atoms with Gasteiger partial charge in [0.2, 0.25) is 0 Å². The first-order chi connectivity index (χ1) is 5.59. The Labute approximate surface area is 107 Å². The van der Waals surface area contributed by atoms with Crippen molar-refractivity contribution in [3.05, 3.63) is 0 Å². The summed E-state index contributed by atoms with van der Waals surface area (Å²) in [6.45, 7) is 2.94. The highest BCUT2D eigenvalue weighted by Gasteiger charge is 2.41. The van der Waals surface area contributed by atoms with Crippen LogP contribution in [0, 0.1) is 0 Å². The number of hydrogen-bond acceptors (Lipinski definition) is 1. The molecule has 0 spiro atoms. The predicted molar refractivity (Wildman–Crippen MR) is 60.6 cm³/mol. The van der Waals surface area contributed by atoms with E-state index in [4.69, 9.17) is 74.3 Å². The molecule has 0 radical (unpaired) electrons. The molecule has 0 aliphatic heterocycles. The van der Waals surface area contributed by atoms with Crippen molar-refractivity contribution in [3.63, 3.8) is 0 Å². The normalized spacial score (nSPS) is 21.7. The predicted octanol–water partition coefficient (Wildman–Crippen LogP) is 4.52. The van der Waals surface area contributed by atoms with Gasteiger partial charge in [-0.15, -0.1) is 46.4 Å². The maximum Gasteiger partial charge on any atom is 0.171 e. The van der Waals surface area contributed by atoms with Crippen LogP contribution in [-0.2, 0) is 4.74 Å². The zero-order chi connectivity index (χ0) is 10.9. The molecule has 1 nitrogen and oxygen atoms in total. The molecule has 0 heterocycles. The van der Waals surface area contributed by atoms with Crippen molar-refractivity contribution >= 4 is 69.6 Å². The average molecular weight is 309 g/mol. The van der Waals surface area contributed by atoms with Crippen LogP contribution in [0.1, 0.15) is 13.8 Å². The Hall–Kier alpha value is 1.70. The Morgan fingerprint density at radius 2 is 1.08 bits per heavy atom. The fraction of sp³-hybridized carbons (Fsp3) is 1.00. The summed E-state index contributed by atoms with van der Waals surface area (Å²) in [5, 5.41) is -2.66. The molecule has 0 aromatic rings. The fourth-order valence-electron chi connectivity index (χ4n) is 0.479. The highest BCUT2D eigenvalue weighted by molar-refractivity contribution is 6.50. The molecular formula is C6H8Cl6O. The van der Waals surface area contributed by atoms with Gasteiger partial charge in [0.25, 0.3) is 0 Å². The Morgan fingerprint density at radius 3 is 1.23 bits per heavy atom. The van der Waals surface area contributed by atoms with Crippen LogP contribution < -0.4 is 0 Å². The largest absolute Gasteiger partial charge is 0.333 e. The zero-order valence-corrected chi connectivity index (χ0v) is 11.4. The monoisotopic (exact) mass is 306 g/mol.